The van der Waals surface area contributed by atoms with Crippen molar-refractivity contribution >= 4 is 15.7 Å². The Hall–Kier alpha value is -1.93. The van der Waals surface area contributed by atoms with Crippen molar-refractivity contribution in [1.29, 1.82) is 0 Å². The SMILES string of the molecule is Cc1n[nH]c(C)c1N1CCN(S(=O)(=O)c2cccnc2)CC1. The Morgan fingerprint density at radius 1 is 1.18 bits per heavy atom. The molecule has 0 radical (unpaired) electrons. The molecule has 1 aliphatic rings. The van der Waals surface area contributed by atoms with Crippen LogP contribution in [0.5, 0.6) is 0 Å². The molecule has 8 heteroatoms. The van der Waals surface area contributed by atoms with Crippen LogP contribution >= 0.6 is 0 Å². The molecule has 0 aliphatic carbocycles. The maximum Gasteiger partial charge on any atom is 0.244 e. The molecule has 0 saturated carbocycles. The smallest absolute Gasteiger partial charge is 0.244 e. The summed E-state index contributed by atoms with van der Waals surface area (Å²) in [6.45, 7) is 6.16. The third kappa shape index (κ3) is 2.59. The van der Waals surface area contributed by atoms with Crippen molar-refractivity contribution in [3.63, 3.8) is 0 Å². The summed E-state index contributed by atoms with van der Waals surface area (Å²) in [4.78, 5) is 6.33. The van der Waals surface area contributed by atoms with Gasteiger partial charge in [-0.2, -0.15) is 9.40 Å². The fourth-order valence-electron chi connectivity index (χ4n) is 2.81. The number of aromatic nitrogens is 3. The highest BCUT2D eigenvalue weighted by molar-refractivity contribution is 7.89. The summed E-state index contributed by atoms with van der Waals surface area (Å²) in [6, 6.07) is 3.22. The quantitative estimate of drug-likeness (QED) is 0.909. The van der Waals surface area contributed by atoms with Gasteiger partial charge in [0.05, 0.1) is 17.1 Å². The molecule has 0 bridgehead atoms. The molecule has 7 nitrogen and oxygen atoms in total. The number of H-pyrrole nitrogens is 1. The zero-order valence-corrected chi connectivity index (χ0v) is 13.5. The second-order valence-electron chi connectivity index (χ2n) is 5.36. The number of aryl methyl sites for hydroxylation is 2. The lowest BCUT2D eigenvalue weighted by Crippen LogP contribution is -2.49. The number of rotatable bonds is 3. The number of sulfonamides is 1. The van der Waals surface area contributed by atoms with E-state index in [1.807, 2.05) is 13.8 Å². The highest BCUT2D eigenvalue weighted by Crippen LogP contribution is 2.25. The van der Waals surface area contributed by atoms with E-state index >= 15 is 0 Å². The second kappa shape index (κ2) is 5.69. The van der Waals surface area contributed by atoms with Crippen molar-refractivity contribution in [3.05, 3.63) is 35.9 Å². The first-order valence-electron chi connectivity index (χ1n) is 7.17. The van der Waals surface area contributed by atoms with Gasteiger partial charge in [-0.05, 0) is 26.0 Å². The summed E-state index contributed by atoms with van der Waals surface area (Å²) in [7, 11) is -3.45. The molecular weight excluding hydrogens is 302 g/mol. The standard InChI is InChI=1S/C14H19N5O2S/c1-11-14(12(2)17-16-11)18-6-8-19(9-7-18)22(20,21)13-4-3-5-15-10-13/h3-5,10H,6-9H2,1-2H3,(H,16,17). The van der Waals surface area contributed by atoms with E-state index in [1.54, 1.807) is 18.3 Å². The Balaban J connectivity index is 1.75. The maximum absolute atomic E-state index is 12.6. The van der Waals surface area contributed by atoms with Gasteiger partial charge in [-0.1, -0.05) is 0 Å². The van der Waals surface area contributed by atoms with Crippen molar-refractivity contribution < 1.29 is 8.42 Å². The molecule has 0 atom stereocenters. The lowest BCUT2D eigenvalue weighted by Gasteiger charge is -2.35. The lowest BCUT2D eigenvalue weighted by molar-refractivity contribution is 0.384. The van der Waals surface area contributed by atoms with Crippen LogP contribution in [0.2, 0.25) is 0 Å². The molecule has 0 spiro atoms. The van der Waals surface area contributed by atoms with Crippen molar-refractivity contribution in [2.75, 3.05) is 31.1 Å². The molecule has 118 valence electrons. The zero-order chi connectivity index (χ0) is 15.7. The first kappa shape index (κ1) is 15.0. The van der Waals surface area contributed by atoms with Crippen LogP contribution in [-0.2, 0) is 10.0 Å². The van der Waals surface area contributed by atoms with Crippen LogP contribution in [-0.4, -0.2) is 54.1 Å². The van der Waals surface area contributed by atoms with Crippen LogP contribution in [0.3, 0.4) is 0 Å². The molecule has 1 fully saturated rings. The molecule has 2 aromatic heterocycles. The van der Waals surface area contributed by atoms with Crippen LogP contribution in [0, 0.1) is 13.8 Å². The Labute approximate surface area is 130 Å². The molecule has 3 heterocycles. The minimum atomic E-state index is -3.45. The third-order valence-corrected chi connectivity index (χ3v) is 5.80. The Morgan fingerprint density at radius 2 is 1.91 bits per heavy atom. The summed E-state index contributed by atoms with van der Waals surface area (Å²) in [5.41, 5.74) is 3.04. The van der Waals surface area contributed by atoms with Gasteiger partial charge in [-0.15, -0.1) is 0 Å². The van der Waals surface area contributed by atoms with Gasteiger partial charge in [0.15, 0.2) is 0 Å². The van der Waals surface area contributed by atoms with Crippen LogP contribution in [0.25, 0.3) is 0 Å². The fourth-order valence-corrected chi connectivity index (χ4v) is 4.20. The first-order chi connectivity index (χ1) is 10.5. The van der Waals surface area contributed by atoms with E-state index in [1.165, 1.54) is 10.5 Å². The third-order valence-electron chi connectivity index (χ3n) is 3.92. The minimum absolute atomic E-state index is 0.249. The molecule has 1 aliphatic heterocycles. The average molecular weight is 321 g/mol. The van der Waals surface area contributed by atoms with E-state index in [0.29, 0.717) is 26.2 Å². The lowest BCUT2D eigenvalue weighted by atomic mass is 10.2. The van der Waals surface area contributed by atoms with E-state index in [-0.39, 0.29) is 4.90 Å². The molecular formula is C14H19N5O2S. The molecule has 2 aromatic rings. The number of piperazine rings is 1. The summed E-state index contributed by atoms with van der Waals surface area (Å²) in [6.07, 6.45) is 2.97. The number of anilines is 1. The minimum Gasteiger partial charge on any atom is -0.366 e. The van der Waals surface area contributed by atoms with E-state index < -0.39 is 10.0 Å². The van der Waals surface area contributed by atoms with Crippen LogP contribution in [0.1, 0.15) is 11.4 Å². The van der Waals surface area contributed by atoms with Gasteiger partial charge in [0.25, 0.3) is 0 Å². The van der Waals surface area contributed by atoms with Crippen molar-refractivity contribution in [3.8, 4) is 0 Å². The Morgan fingerprint density at radius 3 is 2.45 bits per heavy atom. The largest absolute Gasteiger partial charge is 0.366 e. The van der Waals surface area contributed by atoms with E-state index in [9.17, 15) is 8.42 Å². The normalized spacial score (nSPS) is 16.9. The van der Waals surface area contributed by atoms with Gasteiger partial charge in [0.1, 0.15) is 4.90 Å². The highest BCUT2D eigenvalue weighted by atomic mass is 32.2. The summed E-state index contributed by atoms with van der Waals surface area (Å²) in [5, 5.41) is 7.17. The topological polar surface area (TPSA) is 82.2 Å². The Kier molecular flexibility index (Phi) is 3.88. The van der Waals surface area contributed by atoms with Gasteiger partial charge >= 0.3 is 0 Å². The molecule has 1 N–H and O–H groups in total. The van der Waals surface area contributed by atoms with E-state index in [4.69, 9.17) is 0 Å². The number of nitrogens with one attached hydrogen (secondary N) is 1. The number of aromatic amines is 1. The fraction of sp³-hybridized carbons (Fsp3) is 0.429. The van der Waals surface area contributed by atoms with Crippen molar-refractivity contribution in [2.24, 2.45) is 0 Å². The van der Waals surface area contributed by atoms with Crippen LogP contribution in [0.15, 0.2) is 29.4 Å². The van der Waals surface area contributed by atoms with Gasteiger partial charge < -0.3 is 4.90 Å². The van der Waals surface area contributed by atoms with E-state index in [0.717, 1.165) is 17.1 Å². The molecule has 0 aromatic carbocycles. The number of hydrogen-bond donors (Lipinski definition) is 1. The summed E-state index contributed by atoms with van der Waals surface area (Å²) in [5.74, 6) is 0. The molecule has 0 amide bonds. The van der Waals surface area contributed by atoms with Crippen molar-refractivity contribution in [1.82, 2.24) is 19.5 Å². The summed E-state index contributed by atoms with van der Waals surface area (Å²) < 4.78 is 26.6. The van der Waals surface area contributed by atoms with Gasteiger partial charge in [-0.3, -0.25) is 10.1 Å². The summed E-state index contributed by atoms with van der Waals surface area (Å²) >= 11 is 0. The highest BCUT2D eigenvalue weighted by Gasteiger charge is 2.29. The monoisotopic (exact) mass is 321 g/mol. The first-order valence-corrected chi connectivity index (χ1v) is 8.61. The predicted molar refractivity (Wildman–Crippen MR) is 83.3 cm³/mol. The molecule has 3 rings (SSSR count). The van der Waals surface area contributed by atoms with Gasteiger partial charge in [0.2, 0.25) is 10.0 Å². The van der Waals surface area contributed by atoms with Gasteiger partial charge in [0, 0.05) is 38.6 Å². The number of pyridine rings is 1. The predicted octanol–water partition coefficient (Wildman–Crippen LogP) is 0.932. The number of hydrogen-bond acceptors (Lipinski definition) is 5. The van der Waals surface area contributed by atoms with Gasteiger partial charge in [-0.25, -0.2) is 8.42 Å². The van der Waals surface area contributed by atoms with E-state index in [2.05, 4.69) is 20.1 Å². The maximum atomic E-state index is 12.6. The van der Waals surface area contributed by atoms with Crippen LogP contribution < -0.4 is 4.90 Å². The molecule has 0 unspecified atom stereocenters. The van der Waals surface area contributed by atoms with Crippen LogP contribution in [0.4, 0.5) is 5.69 Å². The molecule has 1 saturated heterocycles. The zero-order valence-electron chi connectivity index (χ0n) is 12.7. The number of nitrogens with zero attached hydrogens (tertiary/aromatic N) is 4. The second-order valence-corrected chi connectivity index (χ2v) is 7.30. The Bertz CT molecular complexity index is 729. The average Bonchev–Trinajstić information content (AvgIpc) is 2.87. The molecule has 22 heavy (non-hydrogen) atoms. The van der Waals surface area contributed by atoms with Crippen molar-refractivity contribution in [2.45, 2.75) is 18.7 Å².